The number of hydrogen-bond acceptors (Lipinski definition) is 2. The molecule has 0 saturated heterocycles. The third-order valence-corrected chi connectivity index (χ3v) is 3.30. The standard InChI is InChI=1S/C11H16F3N3/c12-11(13,14)8-6-16-17(7-8)10-5-3-1-2-4-9(10)15/h6-7,9-10H,1-5,15H2. The molecule has 1 fully saturated rings. The Morgan fingerprint density at radius 2 is 1.94 bits per heavy atom. The largest absolute Gasteiger partial charge is 0.419 e. The minimum absolute atomic E-state index is 0.0986. The molecule has 1 aliphatic rings. The second-order valence-electron chi connectivity index (χ2n) is 4.58. The van der Waals surface area contributed by atoms with Crippen molar-refractivity contribution in [3.8, 4) is 0 Å². The van der Waals surface area contributed by atoms with E-state index in [4.69, 9.17) is 5.73 Å². The molecule has 17 heavy (non-hydrogen) atoms. The predicted octanol–water partition coefficient (Wildman–Crippen LogP) is 2.73. The molecule has 6 heteroatoms. The minimum atomic E-state index is -4.33. The zero-order chi connectivity index (χ0) is 12.5. The number of nitrogens with two attached hydrogens (primary N) is 1. The highest BCUT2D eigenvalue weighted by Gasteiger charge is 2.33. The molecular formula is C11H16F3N3. The molecule has 3 nitrogen and oxygen atoms in total. The molecule has 1 heterocycles. The van der Waals surface area contributed by atoms with Gasteiger partial charge in [0.2, 0.25) is 0 Å². The van der Waals surface area contributed by atoms with Crippen molar-refractivity contribution in [2.24, 2.45) is 5.73 Å². The number of alkyl halides is 3. The van der Waals surface area contributed by atoms with Crippen LogP contribution in [0.3, 0.4) is 0 Å². The fourth-order valence-corrected chi connectivity index (χ4v) is 2.31. The lowest BCUT2D eigenvalue weighted by atomic mass is 10.0. The summed E-state index contributed by atoms with van der Waals surface area (Å²) in [4.78, 5) is 0. The van der Waals surface area contributed by atoms with Crippen LogP contribution in [0.15, 0.2) is 12.4 Å². The molecule has 0 aliphatic heterocycles. The number of rotatable bonds is 1. The summed E-state index contributed by atoms with van der Waals surface area (Å²) in [7, 11) is 0. The van der Waals surface area contributed by atoms with E-state index in [0.29, 0.717) is 0 Å². The fourth-order valence-electron chi connectivity index (χ4n) is 2.31. The van der Waals surface area contributed by atoms with E-state index in [2.05, 4.69) is 5.10 Å². The Balaban J connectivity index is 2.18. The van der Waals surface area contributed by atoms with Gasteiger partial charge >= 0.3 is 6.18 Å². The lowest BCUT2D eigenvalue weighted by Crippen LogP contribution is -2.31. The first-order valence-corrected chi connectivity index (χ1v) is 5.85. The van der Waals surface area contributed by atoms with Crippen molar-refractivity contribution < 1.29 is 13.2 Å². The lowest BCUT2D eigenvalue weighted by molar-refractivity contribution is -0.137. The molecule has 0 amide bonds. The summed E-state index contributed by atoms with van der Waals surface area (Å²) in [6, 6.07) is -0.202. The van der Waals surface area contributed by atoms with E-state index in [1.165, 1.54) is 4.68 Å². The second-order valence-corrected chi connectivity index (χ2v) is 4.58. The van der Waals surface area contributed by atoms with Crippen molar-refractivity contribution in [1.29, 1.82) is 0 Å². The first kappa shape index (κ1) is 12.4. The van der Waals surface area contributed by atoms with Gasteiger partial charge in [-0.2, -0.15) is 18.3 Å². The maximum atomic E-state index is 12.5. The van der Waals surface area contributed by atoms with Crippen LogP contribution in [0, 0.1) is 0 Å². The molecule has 0 spiro atoms. The molecular weight excluding hydrogens is 231 g/mol. The molecule has 1 saturated carbocycles. The van der Waals surface area contributed by atoms with Crippen LogP contribution >= 0.6 is 0 Å². The van der Waals surface area contributed by atoms with E-state index in [0.717, 1.165) is 44.5 Å². The Labute approximate surface area is 97.8 Å². The van der Waals surface area contributed by atoms with E-state index < -0.39 is 11.7 Å². The molecule has 1 aliphatic carbocycles. The van der Waals surface area contributed by atoms with Crippen LogP contribution in [0.4, 0.5) is 13.2 Å². The molecule has 2 unspecified atom stereocenters. The van der Waals surface area contributed by atoms with Gasteiger partial charge < -0.3 is 5.73 Å². The maximum Gasteiger partial charge on any atom is 0.419 e. The molecule has 1 aromatic heterocycles. The van der Waals surface area contributed by atoms with Crippen LogP contribution in [0.1, 0.15) is 43.7 Å². The molecule has 2 rings (SSSR count). The van der Waals surface area contributed by atoms with Gasteiger partial charge in [-0.1, -0.05) is 19.3 Å². The van der Waals surface area contributed by atoms with Crippen LogP contribution in [-0.4, -0.2) is 15.8 Å². The Morgan fingerprint density at radius 3 is 2.59 bits per heavy atom. The van der Waals surface area contributed by atoms with E-state index in [1.807, 2.05) is 0 Å². The number of halogens is 3. The average Bonchev–Trinajstić information content (AvgIpc) is 2.63. The molecule has 2 N–H and O–H groups in total. The Kier molecular flexibility index (Phi) is 3.42. The van der Waals surface area contributed by atoms with Gasteiger partial charge in [-0.25, -0.2) is 0 Å². The highest BCUT2D eigenvalue weighted by atomic mass is 19.4. The van der Waals surface area contributed by atoms with Crippen molar-refractivity contribution in [2.75, 3.05) is 0 Å². The van der Waals surface area contributed by atoms with E-state index in [-0.39, 0.29) is 12.1 Å². The SMILES string of the molecule is NC1CCCCCC1n1cc(C(F)(F)F)cn1. The predicted molar refractivity (Wildman–Crippen MR) is 57.3 cm³/mol. The molecule has 2 atom stereocenters. The average molecular weight is 247 g/mol. The third kappa shape index (κ3) is 2.80. The third-order valence-electron chi connectivity index (χ3n) is 3.30. The topological polar surface area (TPSA) is 43.8 Å². The van der Waals surface area contributed by atoms with Gasteiger partial charge in [0.1, 0.15) is 0 Å². The Morgan fingerprint density at radius 1 is 1.24 bits per heavy atom. The smallest absolute Gasteiger partial charge is 0.326 e. The number of hydrogen-bond donors (Lipinski definition) is 1. The van der Waals surface area contributed by atoms with Gasteiger partial charge in [0.15, 0.2) is 0 Å². The van der Waals surface area contributed by atoms with Crippen molar-refractivity contribution in [1.82, 2.24) is 9.78 Å². The maximum absolute atomic E-state index is 12.5. The summed E-state index contributed by atoms with van der Waals surface area (Å²) in [6.07, 6.45) is 2.41. The first-order valence-electron chi connectivity index (χ1n) is 5.85. The highest BCUT2D eigenvalue weighted by Crippen LogP contribution is 2.31. The molecule has 0 aromatic carbocycles. The van der Waals surface area contributed by atoms with Crippen LogP contribution in [0.5, 0.6) is 0 Å². The Hall–Kier alpha value is -1.04. The quantitative estimate of drug-likeness (QED) is 0.775. The summed E-state index contributed by atoms with van der Waals surface area (Å²) in [6.45, 7) is 0. The van der Waals surface area contributed by atoms with Gasteiger partial charge in [-0.05, 0) is 12.8 Å². The van der Waals surface area contributed by atoms with Crippen molar-refractivity contribution in [3.63, 3.8) is 0 Å². The van der Waals surface area contributed by atoms with Gasteiger partial charge in [-0.3, -0.25) is 4.68 Å². The monoisotopic (exact) mass is 247 g/mol. The zero-order valence-electron chi connectivity index (χ0n) is 9.45. The van der Waals surface area contributed by atoms with Crippen LogP contribution < -0.4 is 5.73 Å². The molecule has 96 valence electrons. The highest BCUT2D eigenvalue weighted by molar-refractivity contribution is 5.09. The first-order chi connectivity index (χ1) is 7.98. The van der Waals surface area contributed by atoms with Crippen LogP contribution in [0.2, 0.25) is 0 Å². The molecule has 1 aromatic rings. The molecule has 0 bridgehead atoms. The van der Waals surface area contributed by atoms with E-state index >= 15 is 0 Å². The Bertz CT molecular complexity index is 372. The van der Waals surface area contributed by atoms with Crippen LogP contribution in [0.25, 0.3) is 0 Å². The fraction of sp³-hybridized carbons (Fsp3) is 0.727. The molecule has 0 radical (unpaired) electrons. The van der Waals surface area contributed by atoms with Crippen molar-refractivity contribution in [2.45, 2.75) is 50.4 Å². The van der Waals surface area contributed by atoms with E-state index in [9.17, 15) is 13.2 Å². The van der Waals surface area contributed by atoms with Gasteiger partial charge in [0.25, 0.3) is 0 Å². The summed E-state index contributed by atoms with van der Waals surface area (Å²) in [5.41, 5.74) is 5.29. The van der Waals surface area contributed by atoms with E-state index in [1.54, 1.807) is 0 Å². The van der Waals surface area contributed by atoms with Crippen LogP contribution in [-0.2, 0) is 6.18 Å². The summed E-state index contributed by atoms with van der Waals surface area (Å²) < 4.78 is 38.8. The summed E-state index contributed by atoms with van der Waals surface area (Å²) in [5.74, 6) is 0. The summed E-state index contributed by atoms with van der Waals surface area (Å²) >= 11 is 0. The van der Waals surface area contributed by atoms with Crippen molar-refractivity contribution in [3.05, 3.63) is 18.0 Å². The second kappa shape index (κ2) is 4.68. The minimum Gasteiger partial charge on any atom is -0.326 e. The van der Waals surface area contributed by atoms with Gasteiger partial charge in [0, 0.05) is 12.2 Å². The van der Waals surface area contributed by atoms with Crippen molar-refractivity contribution >= 4 is 0 Å². The van der Waals surface area contributed by atoms with Gasteiger partial charge in [0.05, 0.1) is 17.8 Å². The van der Waals surface area contributed by atoms with Gasteiger partial charge in [-0.15, -0.1) is 0 Å². The number of aromatic nitrogens is 2. The summed E-state index contributed by atoms with van der Waals surface area (Å²) in [5, 5.41) is 3.82. The lowest BCUT2D eigenvalue weighted by Gasteiger charge is -2.21. The number of nitrogens with zero attached hydrogens (tertiary/aromatic N) is 2. The zero-order valence-corrected chi connectivity index (χ0v) is 9.45. The normalized spacial score (nSPS) is 26.8.